The van der Waals surface area contributed by atoms with Gasteiger partial charge in [0, 0.05) is 91.7 Å². The second kappa shape index (κ2) is 13.2. The lowest BCUT2D eigenvalue weighted by Gasteiger charge is -2.61. The highest BCUT2D eigenvalue weighted by Crippen LogP contribution is 2.53. The van der Waals surface area contributed by atoms with Crippen molar-refractivity contribution in [1.29, 1.82) is 0 Å². The Bertz CT molecular complexity index is 2340. The molecule has 5 aromatic rings. The van der Waals surface area contributed by atoms with Gasteiger partial charge in [-0.05, 0) is 81.1 Å². The molecular weight excluding hydrogens is 771 g/mol. The summed E-state index contributed by atoms with van der Waals surface area (Å²) in [5.74, 6) is 1.48. The summed E-state index contributed by atoms with van der Waals surface area (Å²) < 4.78 is 27.8. The summed E-state index contributed by atoms with van der Waals surface area (Å²) in [5.41, 5.74) is 6.57. The zero-order chi connectivity index (χ0) is 38.2. The third kappa shape index (κ3) is 6.65. The lowest BCUT2D eigenvalue weighted by molar-refractivity contribution is -0.0780. The molecule has 14 nitrogen and oxygen atoms in total. The molecule has 0 bridgehead atoms. The molecule has 5 heterocycles. The number of carbonyl (C=O) groups is 1. The molecule has 2 fully saturated rings. The van der Waals surface area contributed by atoms with Crippen LogP contribution < -0.4 is 25.6 Å². The molecule has 3 aromatic heterocycles. The number of aromatic nitrogens is 6. The summed E-state index contributed by atoms with van der Waals surface area (Å²) in [6, 6.07) is 8.22. The number of amides is 1. The number of fused-ring (bicyclic) bond motifs is 4. The summed E-state index contributed by atoms with van der Waals surface area (Å²) >= 11 is 3.60. The lowest BCUT2D eigenvalue weighted by Crippen LogP contribution is -2.68. The highest BCUT2D eigenvalue weighted by atomic mass is 79.9. The first-order valence-electron chi connectivity index (χ1n) is 18.0. The smallest absolute Gasteiger partial charge is 0.410 e. The van der Waals surface area contributed by atoms with Crippen molar-refractivity contribution < 1.29 is 18.8 Å². The van der Waals surface area contributed by atoms with E-state index < -0.39 is 12.7 Å². The number of methoxy groups -OCH3 is 1. The SMILES string of the molecule is COc1cc2c(cc1Nc1ncc(Br)c(Nc3ccc4nccnc4c3P(C)(C)=O)n1)-c1cnn(C)c1CCN2C1CC2(C1)CN(C(=O)OC(C)(C)C)C2. The van der Waals surface area contributed by atoms with Gasteiger partial charge >= 0.3 is 6.09 Å². The molecule has 1 aliphatic carbocycles. The van der Waals surface area contributed by atoms with Gasteiger partial charge in [0.15, 0.2) is 0 Å². The minimum atomic E-state index is -2.79. The maximum absolute atomic E-state index is 13.5. The molecule has 3 aliphatic rings. The number of benzene rings is 2. The molecule has 2 aromatic carbocycles. The number of hydrogen-bond acceptors (Lipinski definition) is 12. The highest BCUT2D eigenvalue weighted by Gasteiger charge is 2.56. The standard InChI is InChI=1S/C38H44BrN10O4P/c1-37(2,3)53-36(50)48-20-38(21-48)16-22(17-38)49-13-10-29-24(18-43-47(29)4)23-14-28(31(52-5)15-30(23)49)45-35-42-19-25(39)34(46-35)44-27-9-8-26-32(41-12-11-40-26)33(27)54(6,7)51/h8-9,11-12,14-15,18-19,22H,10,13,16-17,20-21H2,1-7H3,(H2,42,44,45,46). The van der Waals surface area contributed by atoms with Gasteiger partial charge in [-0.2, -0.15) is 10.1 Å². The van der Waals surface area contributed by atoms with E-state index in [1.54, 1.807) is 39.0 Å². The first-order valence-corrected chi connectivity index (χ1v) is 21.3. The second-order valence-electron chi connectivity index (χ2n) is 15.9. The van der Waals surface area contributed by atoms with Gasteiger partial charge < -0.3 is 34.5 Å². The van der Waals surface area contributed by atoms with E-state index in [1.165, 1.54) is 0 Å². The van der Waals surface area contributed by atoms with E-state index in [-0.39, 0.29) is 11.5 Å². The Hall–Kier alpha value is -4.75. The predicted molar refractivity (Wildman–Crippen MR) is 214 cm³/mol. The third-order valence-corrected chi connectivity index (χ3v) is 12.6. The summed E-state index contributed by atoms with van der Waals surface area (Å²) in [4.78, 5) is 35.3. The first kappa shape index (κ1) is 36.2. The second-order valence-corrected chi connectivity index (χ2v) is 19.9. The number of anilines is 5. The lowest BCUT2D eigenvalue weighted by atomic mass is 9.60. The van der Waals surface area contributed by atoms with E-state index in [2.05, 4.69) is 63.6 Å². The molecule has 1 saturated heterocycles. The minimum absolute atomic E-state index is 0.130. The number of nitrogens with zero attached hydrogens (tertiary/aromatic N) is 8. The Morgan fingerprint density at radius 3 is 2.50 bits per heavy atom. The molecule has 2 aliphatic heterocycles. The molecule has 0 atom stereocenters. The fraction of sp³-hybridized carbons (Fsp3) is 0.421. The molecule has 54 heavy (non-hydrogen) atoms. The van der Waals surface area contributed by atoms with Crippen molar-refractivity contribution in [3.05, 3.63) is 59.2 Å². The van der Waals surface area contributed by atoms with Crippen LogP contribution in [0.25, 0.3) is 22.2 Å². The van der Waals surface area contributed by atoms with E-state index in [4.69, 9.17) is 14.5 Å². The van der Waals surface area contributed by atoms with Crippen LogP contribution in [0.15, 0.2) is 53.5 Å². The Kier molecular flexibility index (Phi) is 8.88. The number of rotatable bonds is 7. The summed E-state index contributed by atoms with van der Waals surface area (Å²) in [7, 11) is 0.862. The Morgan fingerprint density at radius 2 is 1.78 bits per heavy atom. The molecule has 16 heteroatoms. The molecule has 8 rings (SSSR count). The van der Waals surface area contributed by atoms with Crippen LogP contribution in [0.4, 0.5) is 33.6 Å². The maximum Gasteiger partial charge on any atom is 0.410 e. The van der Waals surface area contributed by atoms with Crippen LogP contribution in [0.5, 0.6) is 5.75 Å². The summed E-state index contributed by atoms with van der Waals surface area (Å²) in [6.07, 6.45) is 9.45. The van der Waals surface area contributed by atoms with Crippen molar-refractivity contribution >= 4 is 74.3 Å². The van der Waals surface area contributed by atoms with Crippen molar-refractivity contribution in [1.82, 2.24) is 34.6 Å². The minimum Gasteiger partial charge on any atom is -0.494 e. The normalized spacial score (nSPS) is 16.6. The summed E-state index contributed by atoms with van der Waals surface area (Å²) in [6.45, 7) is 11.4. The molecule has 1 amide bonds. The number of ether oxygens (including phenoxy) is 2. The molecule has 1 spiro atoms. The van der Waals surface area contributed by atoms with Crippen LogP contribution in [-0.4, -0.2) is 92.4 Å². The largest absolute Gasteiger partial charge is 0.494 e. The number of carbonyl (C=O) groups excluding carboxylic acids is 1. The van der Waals surface area contributed by atoms with Crippen LogP contribution in [0.1, 0.15) is 39.3 Å². The van der Waals surface area contributed by atoms with Gasteiger partial charge in [-0.15, -0.1) is 0 Å². The van der Waals surface area contributed by atoms with Gasteiger partial charge in [0.05, 0.1) is 40.0 Å². The van der Waals surface area contributed by atoms with Gasteiger partial charge in [0.2, 0.25) is 5.95 Å². The predicted octanol–water partition coefficient (Wildman–Crippen LogP) is 7.09. The van der Waals surface area contributed by atoms with Crippen LogP contribution in [0, 0.1) is 5.41 Å². The quantitative estimate of drug-likeness (QED) is 0.161. The van der Waals surface area contributed by atoms with Crippen molar-refractivity contribution in [2.45, 2.75) is 51.7 Å². The topological polar surface area (TPSA) is 153 Å². The summed E-state index contributed by atoms with van der Waals surface area (Å²) in [5, 5.41) is 12.0. The fourth-order valence-electron chi connectivity index (χ4n) is 8.07. The number of aryl methyl sites for hydroxylation is 1. The number of hydrogen-bond donors (Lipinski definition) is 2. The zero-order valence-corrected chi connectivity index (χ0v) is 34.0. The van der Waals surface area contributed by atoms with Gasteiger partial charge in [-0.1, -0.05) is 0 Å². The third-order valence-electron chi connectivity index (χ3n) is 10.4. The van der Waals surface area contributed by atoms with Crippen molar-refractivity contribution in [2.24, 2.45) is 12.5 Å². The highest BCUT2D eigenvalue weighted by molar-refractivity contribution is 9.10. The molecule has 0 radical (unpaired) electrons. The molecule has 1 saturated carbocycles. The van der Waals surface area contributed by atoms with Crippen molar-refractivity contribution in [3.8, 4) is 16.9 Å². The molecule has 2 N–H and O–H groups in total. The number of likely N-dealkylation sites (tertiary alicyclic amines) is 1. The van der Waals surface area contributed by atoms with Gasteiger partial charge in [0.1, 0.15) is 29.8 Å². The monoisotopic (exact) mass is 814 g/mol. The Labute approximate surface area is 322 Å². The van der Waals surface area contributed by atoms with Gasteiger partial charge in [-0.25, -0.2) is 9.78 Å². The van der Waals surface area contributed by atoms with Gasteiger partial charge in [-0.3, -0.25) is 14.6 Å². The zero-order valence-electron chi connectivity index (χ0n) is 31.5. The molecule has 0 unspecified atom stereocenters. The van der Waals surface area contributed by atoms with Gasteiger partial charge in [0.25, 0.3) is 0 Å². The average molecular weight is 816 g/mol. The average Bonchev–Trinajstić information content (AvgIpc) is 3.36. The van der Waals surface area contributed by atoms with Crippen LogP contribution >= 0.6 is 23.1 Å². The van der Waals surface area contributed by atoms with E-state index >= 15 is 0 Å². The Balaban J connectivity index is 1.08. The van der Waals surface area contributed by atoms with Crippen LogP contribution in [-0.2, 0) is 22.8 Å². The first-order chi connectivity index (χ1) is 25.6. The van der Waals surface area contributed by atoms with E-state index in [0.717, 1.165) is 61.4 Å². The van der Waals surface area contributed by atoms with Crippen molar-refractivity contribution in [3.63, 3.8) is 0 Å². The Morgan fingerprint density at radius 1 is 1.02 bits per heavy atom. The molecule has 282 valence electrons. The van der Waals surface area contributed by atoms with Crippen molar-refractivity contribution in [2.75, 3.05) is 55.6 Å². The fourth-order valence-corrected chi connectivity index (χ4v) is 9.75. The number of halogens is 1. The van der Waals surface area contributed by atoms with E-state index in [1.807, 2.05) is 55.7 Å². The van der Waals surface area contributed by atoms with E-state index in [0.29, 0.717) is 55.7 Å². The maximum atomic E-state index is 13.5. The van der Waals surface area contributed by atoms with Crippen LogP contribution in [0.3, 0.4) is 0 Å². The number of nitrogens with one attached hydrogen (secondary N) is 2. The molecular formula is C38H44BrN10O4P. The van der Waals surface area contributed by atoms with Crippen LogP contribution in [0.2, 0.25) is 0 Å². The van der Waals surface area contributed by atoms with E-state index in [9.17, 15) is 9.36 Å².